The van der Waals surface area contributed by atoms with E-state index in [4.69, 9.17) is 11.6 Å². The predicted octanol–water partition coefficient (Wildman–Crippen LogP) is 2.13. The molecule has 0 saturated carbocycles. The average Bonchev–Trinajstić information content (AvgIpc) is 2.96. The third kappa shape index (κ3) is 3.76. The minimum absolute atomic E-state index is 0.714. The van der Waals surface area contributed by atoms with Crippen LogP contribution < -0.4 is 5.32 Å². The molecule has 98 valence electrons. The lowest BCUT2D eigenvalue weighted by molar-refractivity contribution is 0.542. The molecule has 0 unspecified atom stereocenters. The number of aromatic nitrogens is 4. The second-order valence-electron chi connectivity index (χ2n) is 3.95. The number of hydrogen-bond acceptors (Lipinski definition) is 5. The highest BCUT2D eigenvalue weighted by atomic mass is 35.5. The fraction of sp³-hybridized carbons (Fsp3) is 0.545. The van der Waals surface area contributed by atoms with E-state index in [0.717, 1.165) is 36.1 Å². The molecular formula is C11H16ClN5S. The van der Waals surface area contributed by atoms with Crippen molar-refractivity contribution in [2.75, 3.05) is 6.54 Å². The highest BCUT2D eigenvalue weighted by Gasteiger charge is 2.06. The van der Waals surface area contributed by atoms with E-state index in [1.165, 1.54) is 4.88 Å². The van der Waals surface area contributed by atoms with E-state index in [9.17, 15) is 0 Å². The lowest BCUT2D eigenvalue weighted by Crippen LogP contribution is -2.18. The first kappa shape index (κ1) is 13.5. The molecule has 0 fully saturated rings. The van der Waals surface area contributed by atoms with E-state index in [1.807, 2.05) is 16.8 Å². The Morgan fingerprint density at radius 3 is 3.06 bits per heavy atom. The minimum atomic E-state index is 0.714. The van der Waals surface area contributed by atoms with Crippen molar-refractivity contribution in [3.8, 4) is 0 Å². The SMILES string of the molecule is CCCNCc1nnnn1CCc1ccc(Cl)s1. The van der Waals surface area contributed by atoms with Gasteiger partial charge in [-0.25, -0.2) is 4.68 Å². The summed E-state index contributed by atoms with van der Waals surface area (Å²) in [6.45, 7) is 4.61. The van der Waals surface area contributed by atoms with Gasteiger partial charge in [0.15, 0.2) is 5.82 Å². The van der Waals surface area contributed by atoms with Crippen molar-refractivity contribution in [1.82, 2.24) is 25.5 Å². The molecule has 7 heteroatoms. The summed E-state index contributed by atoms with van der Waals surface area (Å²) in [5.74, 6) is 0.881. The van der Waals surface area contributed by atoms with Crippen molar-refractivity contribution < 1.29 is 0 Å². The molecule has 0 aliphatic heterocycles. The van der Waals surface area contributed by atoms with Crippen LogP contribution in [0.5, 0.6) is 0 Å². The van der Waals surface area contributed by atoms with Crippen LogP contribution in [0.3, 0.4) is 0 Å². The van der Waals surface area contributed by atoms with Crippen LogP contribution >= 0.6 is 22.9 Å². The van der Waals surface area contributed by atoms with Gasteiger partial charge in [0.25, 0.3) is 0 Å². The van der Waals surface area contributed by atoms with Crippen molar-refractivity contribution in [2.45, 2.75) is 32.9 Å². The lowest BCUT2D eigenvalue weighted by Gasteiger charge is -2.04. The molecule has 5 nitrogen and oxygen atoms in total. The van der Waals surface area contributed by atoms with Crippen LogP contribution in [0.1, 0.15) is 24.0 Å². The molecule has 0 atom stereocenters. The van der Waals surface area contributed by atoms with Gasteiger partial charge in [-0.15, -0.1) is 16.4 Å². The quantitative estimate of drug-likeness (QED) is 0.792. The van der Waals surface area contributed by atoms with Crippen LogP contribution in [0.2, 0.25) is 4.34 Å². The predicted molar refractivity (Wildman–Crippen MR) is 72.8 cm³/mol. The van der Waals surface area contributed by atoms with Crippen molar-refractivity contribution in [2.24, 2.45) is 0 Å². The Bertz CT molecular complexity index is 481. The molecule has 2 aromatic rings. The van der Waals surface area contributed by atoms with Gasteiger partial charge in [0.05, 0.1) is 10.9 Å². The van der Waals surface area contributed by atoms with Crippen LogP contribution in [-0.4, -0.2) is 26.8 Å². The number of hydrogen-bond donors (Lipinski definition) is 1. The van der Waals surface area contributed by atoms with Gasteiger partial charge in [-0.2, -0.15) is 0 Å². The van der Waals surface area contributed by atoms with Crippen LogP contribution in [-0.2, 0) is 19.5 Å². The molecule has 0 aromatic carbocycles. The van der Waals surface area contributed by atoms with Gasteiger partial charge in [0.2, 0.25) is 0 Å². The first-order valence-corrected chi connectivity index (χ1v) is 7.19. The Morgan fingerprint density at radius 1 is 1.44 bits per heavy atom. The molecule has 2 aromatic heterocycles. The summed E-state index contributed by atoms with van der Waals surface area (Å²) in [6.07, 6.45) is 2.01. The average molecular weight is 286 g/mol. The molecule has 0 saturated heterocycles. The van der Waals surface area contributed by atoms with E-state index in [2.05, 4.69) is 27.8 Å². The molecule has 0 amide bonds. The van der Waals surface area contributed by atoms with E-state index >= 15 is 0 Å². The Morgan fingerprint density at radius 2 is 2.33 bits per heavy atom. The maximum Gasteiger partial charge on any atom is 0.165 e. The summed E-state index contributed by atoms with van der Waals surface area (Å²) in [4.78, 5) is 1.25. The molecule has 0 aliphatic rings. The Balaban J connectivity index is 1.87. The monoisotopic (exact) mass is 285 g/mol. The van der Waals surface area contributed by atoms with Crippen molar-refractivity contribution in [3.63, 3.8) is 0 Å². The van der Waals surface area contributed by atoms with Crippen LogP contribution in [0.25, 0.3) is 0 Å². The number of aryl methyl sites for hydroxylation is 2. The van der Waals surface area contributed by atoms with Crippen LogP contribution in [0.4, 0.5) is 0 Å². The number of thiophene rings is 1. The molecular weight excluding hydrogens is 270 g/mol. The van der Waals surface area contributed by atoms with Gasteiger partial charge in [-0.3, -0.25) is 0 Å². The zero-order valence-corrected chi connectivity index (χ0v) is 11.8. The number of halogens is 1. The first-order valence-electron chi connectivity index (χ1n) is 5.99. The van der Waals surface area contributed by atoms with Crippen LogP contribution in [0, 0.1) is 0 Å². The third-order valence-corrected chi connectivity index (χ3v) is 3.81. The largest absolute Gasteiger partial charge is 0.310 e. The maximum absolute atomic E-state index is 5.90. The van der Waals surface area contributed by atoms with Gasteiger partial charge in [0.1, 0.15) is 0 Å². The minimum Gasteiger partial charge on any atom is -0.310 e. The molecule has 0 spiro atoms. The normalized spacial score (nSPS) is 11.0. The highest BCUT2D eigenvalue weighted by molar-refractivity contribution is 7.16. The van der Waals surface area contributed by atoms with Gasteiger partial charge in [-0.05, 0) is 35.5 Å². The summed E-state index contributed by atoms with van der Waals surface area (Å²) in [7, 11) is 0. The summed E-state index contributed by atoms with van der Waals surface area (Å²) in [5, 5.41) is 15.0. The van der Waals surface area contributed by atoms with Gasteiger partial charge in [0, 0.05) is 17.8 Å². The fourth-order valence-corrected chi connectivity index (χ4v) is 2.68. The summed E-state index contributed by atoms with van der Waals surface area (Å²) in [5.41, 5.74) is 0. The van der Waals surface area contributed by atoms with Gasteiger partial charge >= 0.3 is 0 Å². The molecule has 2 heterocycles. The molecule has 2 rings (SSSR count). The van der Waals surface area contributed by atoms with Gasteiger partial charge < -0.3 is 5.32 Å². The third-order valence-electron chi connectivity index (χ3n) is 2.51. The van der Waals surface area contributed by atoms with E-state index in [-0.39, 0.29) is 0 Å². The standard InChI is InChI=1S/C11H16ClN5S/c1-2-6-13-8-11-14-15-16-17(11)7-5-9-3-4-10(12)18-9/h3-4,13H,2,5-8H2,1H3. The van der Waals surface area contributed by atoms with E-state index < -0.39 is 0 Å². The molecule has 0 radical (unpaired) electrons. The summed E-state index contributed by atoms with van der Waals surface area (Å²) < 4.78 is 2.67. The second-order valence-corrected chi connectivity index (χ2v) is 5.75. The lowest BCUT2D eigenvalue weighted by atomic mass is 10.3. The zero-order chi connectivity index (χ0) is 12.8. The van der Waals surface area contributed by atoms with E-state index in [0.29, 0.717) is 6.54 Å². The van der Waals surface area contributed by atoms with Crippen molar-refractivity contribution in [1.29, 1.82) is 0 Å². The molecule has 0 aliphatic carbocycles. The first-order chi connectivity index (χ1) is 8.79. The Kier molecular flexibility index (Phi) is 5.10. The molecule has 18 heavy (non-hydrogen) atoms. The fourth-order valence-electron chi connectivity index (χ4n) is 1.60. The Hall–Kier alpha value is -0.980. The highest BCUT2D eigenvalue weighted by Crippen LogP contribution is 2.21. The van der Waals surface area contributed by atoms with Crippen molar-refractivity contribution in [3.05, 3.63) is 27.2 Å². The smallest absolute Gasteiger partial charge is 0.165 e. The molecule has 0 bridgehead atoms. The number of tetrazole rings is 1. The van der Waals surface area contributed by atoms with Crippen molar-refractivity contribution >= 4 is 22.9 Å². The van der Waals surface area contributed by atoms with Gasteiger partial charge in [-0.1, -0.05) is 18.5 Å². The summed E-state index contributed by atoms with van der Waals surface area (Å²) in [6, 6.07) is 3.97. The zero-order valence-electron chi connectivity index (χ0n) is 10.3. The maximum atomic E-state index is 5.90. The number of nitrogens with one attached hydrogen (secondary N) is 1. The van der Waals surface area contributed by atoms with E-state index in [1.54, 1.807) is 11.3 Å². The Labute approximate surface area is 115 Å². The summed E-state index contributed by atoms with van der Waals surface area (Å²) >= 11 is 7.50. The topological polar surface area (TPSA) is 55.6 Å². The number of nitrogens with zero attached hydrogens (tertiary/aromatic N) is 4. The van der Waals surface area contributed by atoms with Crippen LogP contribution in [0.15, 0.2) is 12.1 Å². The number of rotatable bonds is 7. The second kappa shape index (κ2) is 6.82. The molecule has 1 N–H and O–H groups in total.